The first-order chi connectivity index (χ1) is 19.1. The summed E-state index contributed by atoms with van der Waals surface area (Å²) < 4.78 is 0. The number of rotatable bonds is 11. The van der Waals surface area contributed by atoms with Crippen molar-refractivity contribution in [3.63, 3.8) is 0 Å². The van der Waals surface area contributed by atoms with Gasteiger partial charge >= 0.3 is 0 Å². The summed E-state index contributed by atoms with van der Waals surface area (Å²) in [5, 5.41) is 36.3. The fraction of sp³-hybridized carbons (Fsp3) is 0.481. The fourth-order valence-electron chi connectivity index (χ4n) is 4.10. The summed E-state index contributed by atoms with van der Waals surface area (Å²) in [4.78, 5) is 65.3. The van der Waals surface area contributed by atoms with Crippen molar-refractivity contribution >= 4 is 29.6 Å². The number of nitrogens with one attached hydrogen (secondary N) is 1. The van der Waals surface area contributed by atoms with E-state index in [0.717, 1.165) is 0 Å². The summed E-state index contributed by atoms with van der Waals surface area (Å²) in [7, 11) is 0. The molecule has 1 aliphatic heterocycles. The standard InChI is InChI=1S/C27H38N5O8.Re/c33-23(22-7-5-3-1-2-4-6-8-22)17-28-24(34)18-29-9-11-30(19-25(35)36)13-15-32(21-27(39)40)16-14-31(12-10-29)20-26(37)38;/h1-5,7-8,18H,6,9-17,19-21H2,(H,28,34)(H,35,36)(H,37,38)(H,39,40);/q-1;/p-3/b3-1-,4-2-,7-5-,22-8+;. The summed E-state index contributed by atoms with van der Waals surface area (Å²) in [5.41, 5.74) is 0.464. The quantitative estimate of drug-likeness (QED) is 0.200. The largest absolute Gasteiger partial charge is 0.549 e. The Labute approximate surface area is 253 Å². The third kappa shape index (κ3) is 16.0. The predicted molar refractivity (Wildman–Crippen MR) is 138 cm³/mol. The first-order valence-corrected chi connectivity index (χ1v) is 13.0. The molecule has 0 atom stereocenters. The molecule has 41 heavy (non-hydrogen) atoms. The Morgan fingerprint density at radius 3 is 1.66 bits per heavy atom. The third-order valence-electron chi connectivity index (χ3n) is 6.19. The third-order valence-corrected chi connectivity index (χ3v) is 6.19. The van der Waals surface area contributed by atoms with Crippen LogP contribution in [0.4, 0.5) is 0 Å². The van der Waals surface area contributed by atoms with Gasteiger partial charge in [0.1, 0.15) is 0 Å². The van der Waals surface area contributed by atoms with Crippen LogP contribution in [0, 0.1) is 6.54 Å². The van der Waals surface area contributed by atoms with Gasteiger partial charge in [-0.25, -0.2) is 6.54 Å². The van der Waals surface area contributed by atoms with Crippen molar-refractivity contribution < 1.29 is 59.7 Å². The van der Waals surface area contributed by atoms with Crippen LogP contribution in [0.3, 0.4) is 0 Å². The molecule has 2 aliphatic rings. The predicted octanol–water partition coefficient (Wildman–Crippen LogP) is -4.70. The maximum absolute atomic E-state index is 12.7. The van der Waals surface area contributed by atoms with E-state index in [0.29, 0.717) is 12.0 Å². The van der Waals surface area contributed by atoms with Gasteiger partial charge in [-0.2, -0.15) is 0 Å². The zero-order chi connectivity index (χ0) is 29.3. The van der Waals surface area contributed by atoms with Crippen LogP contribution in [0.1, 0.15) is 6.42 Å². The second kappa shape index (κ2) is 19.9. The zero-order valence-electron chi connectivity index (χ0n) is 22.7. The van der Waals surface area contributed by atoms with Gasteiger partial charge in [0.15, 0.2) is 5.78 Å². The second-order valence-electron chi connectivity index (χ2n) is 9.32. The summed E-state index contributed by atoms with van der Waals surface area (Å²) in [6.45, 7) is 1.49. The average Bonchev–Trinajstić information content (AvgIpc) is 3.02. The number of hydrogen-bond acceptors (Lipinski definition) is 12. The van der Waals surface area contributed by atoms with E-state index in [1.54, 1.807) is 43.9 Å². The topological polar surface area (TPSA) is 180 Å². The Morgan fingerprint density at radius 1 is 0.707 bits per heavy atom. The number of carboxylic acid groups (broad SMARTS) is 3. The molecule has 1 saturated heterocycles. The Balaban J connectivity index is 0.00000840. The number of amides is 1. The van der Waals surface area contributed by atoms with E-state index in [9.17, 15) is 39.3 Å². The first-order valence-electron chi connectivity index (χ1n) is 13.0. The molecule has 0 aromatic heterocycles. The normalized spacial score (nSPS) is 21.9. The number of hydrogen-bond donors (Lipinski definition) is 1. The van der Waals surface area contributed by atoms with Crippen molar-refractivity contribution in [1.29, 1.82) is 0 Å². The Kier molecular flexibility index (Phi) is 17.4. The maximum atomic E-state index is 12.7. The van der Waals surface area contributed by atoms with E-state index in [2.05, 4.69) is 5.32 Å². The molecule has 1 N–H and O–H groups in total. The Hall–Kier alpha value is -3.12. The van der Waals surface area contributed by atoms with Crippen LogP contribution >= 0.6 is 0 Å². The Bertz CT molecular complexity index is 997. The molecule has 0 bridgehead atoms. The molecule has 1 radical (unpaired) electrons. The molecule has 14 heteroatoms. The minimum Gasteiger partial charge on any atom is -0.549 e. The maximum Gasteiger partial charge on any atom is 0.181 e. The van der Waals surface area contributed by atoms with Gasteiger partial charge in [0.2, 0.25) is 0 Å². The van der Waals surface area contributed by atoms with Gasteiger partial charge in [-0.05, 0) is 19.5 Å². The molecular weight excluding hydrogens is 709 g/mol. The van der Waals surface area contributed by atoms with Gasteiger partial charge in [-0.1, -0.05) is 42.5 Å². The van der Waals surface area contributed by atoms with Crippen molar-refractivity contribution in [2.75, 3.05) is 78.5 Å². The number of Topliss-reactive ketones (excluding diaryl/α,β-unsaturated/α-hetero) is 1. The minimum atomic E-state index is -1.30. The monoisotopic (exact) mass is 744 g/mol. The van der Waals surface area contributed by atoms with E-state index < -0.39 is 43.4 Å². The molecule has 0 unspecified atom stereocenters. The van der Waals surface area contributed by atoms with Gasteiger partial charge in [-0.3, -0.25) is 19.5 Å². The molecule has 1 amide bonds. The number of aliphatic carboxylic acids is 3. The van der Waals surface area contributed by atoms with Crippen molar-refractivity contribution in [1.82, 2.24) is 24.9 Å². The van der Waals surface area contributed by atoms with E-state index in [1.165, 1.54) is 6.54 Å². The van der Waals surface area contributed by atoms with E-state index >= 15 is 0 Å². The minimum absolute atomic E-state index is 0. The number of nitrogens with zero attached hydrogens (tertiary/aromatic N) is 4. The molecule has 2 rings (SSSR count). The van der Waals surface area contributed by atoms with E-state index in [-0.39, 0.29) is 85.1 Å². The van der Waals surface area contributed by atoms with Crippen LogP contribution in [0.5, 0.6) is 0 Å². The number of carbonyl (C=O) groups excluding carboxylic acids is 5. The van der Waals surface area contributed by atoms with E-state index in [4.69, 9.17) is 0 Å². The van der Waals surface area contributed by atoms with Gasteiger partial charge in [-0.15, -0.1) is 0 Å². The first kappa shape index (κ1) is 35.9. The summed E-state index contributed by atoms with van der Waals surface area (Å²) >= 11 is 0. The second-order valence-corrected chi connectivity index (χ2v) is 9.32. The zero-order valence-corrected chi connectivity index (χ0v) is 25.5. The molecule has 13 nitrogen and oxygen atoms in total. The fourth-order valence-corrected chi connectivity index (χ4v) is 4.10. The van der Waals surface area contributed by atoms with Crippen molar-refractivity contribution in [2.24, 2.45) is 0 Å². The van der Waals surface area contributed by atoms with Crippen LogP contribution in [0.2, 0.25) is 0 Å². The molecule has 0 aromatic rings. The smallest absolute Gasteiger partial charge is 0.181 e. The number of carbonyl (C=O) groups is 5. The van der Waals surface area contributed by atoms with Gasteiger partial charge in [0.25, 0.3) is 0 Å². The molecular formula is C27H35N5O8Re-4. The molecule has 227 valence electrons. The van der Waals surface area contributed by atoms with Gasteiger partial charge in [0.05, 0.1) is 30.4 Å². The number of carboxylic acids is 3. The molecule has 0 saturated carbocycles. The molecule has 1 aliphatic carbocycles. The summed E-state index contributed by atoms with van der Waals surface area (Å²) in [5.74, 6) is -4.71. The van der Waals surface area contributed by atoms with Crippen LogP contribution in [0.15, 0.2) is 48.1 Å². The molecule has 0 spiro atoms. The summed E-state index contributed by atoms with van der Waals surface area (Å²) in [6, 6.07) is 0. The van der Waals surface area contributed by atoms with Crippen LogP contribution < -0.4 is 20.6 Å². The molecule has 0 aromatic carbocycles. The van der Waals surface area contributed by atoms with Gasteiger partial charge in [0, 0.05) is 84.9 Å². The Morgan fingerprint density at radius 2 is 1.17 bits per heavy atom. The van der Waals surface area contributed by atoms with Crippen LogP contribution in [-0.2, 0) is 44.4 Å². The molecule has 1 fully saturated rings. The molecule has 1 heterocycles. The SMILES string of the molecule is O=C([O-])CN1CCN([CH-]C(=O)NCC(=O)C2=C\C\C=C/C=C\C=C/2)CCN(CC(=O)[O-])CCN(CC(=O)[O-])CC1.[Re]. The van der Waals surface area contributed by atoms with Crippen molar-refractivity contribution in [2.45, 2.75) is 6.42 Å². The van der Waals surface area contributed by atoms with Crippen molar-refractivity contribution in [3.8, 4) is 0 Å². The van der Waals surface area contributed by atoms with Crippen molar-refractivity contribution in [3.05, 3.63) is 54.7 Å². The van der Waals surface area contributed by atoms with Gasteiger partial charge < -0.3 is 44.7 Å². The average molecular weight is 744 g/mol. The van der Waals surface area contributed by atoms with E-state index in [1.807, 2.05) is 18.2 Å². The van der Waals surface area contributed by atoms with Crippen LogP contribution in [0.25, 0.3) is 0 Å². The van der Waals surface area contributed by atoms with Crippen LogP contribution in [-0.4, -0.2) is 128 Å². The number of allylic oxidation sites excluding steroid dienone is 7. The summed E-state index contributed by atoms with van der Waals surface area (Å²) in [6.07, 6.45) is 13.1. The number of ketones is 1.